The van der Waals surface area contributed by atoms with Gasteiger partial charge in [0, 0.05) is 18.7 Å². The van der Waals surface area contributed by atoms with Crippen LogP contribution in [0.2, 0.25) is 0 Å². The summed E-state index contributed by atoms with van der Waals surface area (Å²) in [7, 11) is 0. The molecule has 102 valence electrons. The highest BCUT2D eigenvalue weighted by molar-refractivity contribution is 5.19. The summed E-state index contributed by atoms with van der Waals surface area (Å²) < 4.78 is 32.0. The smallest absolute Gasteiger partial charge is 0.129 e. The number of ether oxygens (including phenoxy) is 1. The van der Waals surface area contributed by atoms with E-state index in [9.17, 15) is 8.78 Å². The number of halogens is 2. The molecule has 2 atom stereocenters. The molecule has 0 aliphatic rings. The maximum absolute atomic E-state index is 13.6. The van der Waals surface area contributed by atoms with Crippen LogP contribution in [0.15, 0.2) is 18.2 Å². The highest BCUT2D eigenvalue weighted by Crippen LogP contribution is 2.14. The first-order valence-corrected chi connectivity index (χ1v) is 6.37. The first-order valence-electron chi connectivity index (χ1n) is 6.37. The van der Waals surface area contributed by atoms with Crippen molar-refractivity contribution in [2.75, 3.05) is 13.2 Å². The Hall–Kier alpha value is -1.00. The normalized spacial score (nSPS) is 14.5. The van der Waals surface area contributed by atoms with Gasteiger partial charge in [-0.25, -0.2) is 8.78 Å². The lowest BCUT2D eigenvalue weighted by Gasteiger charge is -2.25. The van der Waals surface area contributed by atoms with Crippen molar-refractivity contribution in [3.63, 3.8) is 0 Å². The lowest BCUT2D eigenvalue weighted by molar-refractivity contribution is 0.0478. The molecule has 0 amide bonds. The van der Waals surface area contributed by atoms with Crippen molar-refractivity contribution in [2.45, 2.75) is 39.3 Å². The molecule has 1 N–H and O–H groups in total. The molecule has 0 aliphatic carbocycles. The maximum atomic E-state index is 13.6. The Labute approximate surface area is 107 Å². The van der Waals surface area contributed by atoms with Gasteiger partial charge in [-0.2, -0.15) is 0 Å². The Bertz CT molecular complexity index is 371. The zero-order chi connectivity index (χ0) is 13.5. The predicted octanol–water partition coefficient (Wildman–Crippen LogP) is 2.91. The van der Waals surface area contributed by atoms with E-state index in [0.717, 1.165) is 12.6 Å². The summed E-state index contributed by atoms with van der Waals surface area (Å²) in [6.07, 6.45) is 0.473. The zero-order valence-corrected chi connectivity index (χ0v) is 11.2. The fourth-order valence-electron chi connectivity index (χ4n) is 1.97. The molecular weight excluding hydrogens is 236 g/mol. The van der Waals surface area contributed by atoms with Gasteiger partial charge < -0.3 is 10.1 Å². The van der Waals surface area contributed by atoms with Crippen LogP contribution in [0.4, 0.5) is 8.78 Å². The Morgan fingerprint density at radius 2 is 2.00 bits per heavy atom. The molecule has 0 fully saturated rings. The van der Waals surface area contributed by atoms with Crippen LogP contribution in [0.5, 0.6) is 0 Å². The Morgan fingerprint density at radius 3 is 2.56 bits per heavy atom. The molecule has 0 bridgehead atoms. The SMILES string of the molecule is CCNC(Cc1ccc(F)cc1F)C(C)OCC. The van der Waals surface area contributed by atoms with Gasteiger partial charge >= 0.3 is 0 Å². The average molecular weight is 257 g/mol. The van der Waals surface area contributed by atoms with E-state index in [-0.39, 0.29) is 12.1 Å². The highest BCUT2D eigenvalue weighted by Gasteiger charge is 2.18. The van der Waals surface area contributed by atoms with Gasteiger partial charge in [-0.05, 0) is 38.4 Å². The number of rotatable bonds is 7. The van der Waals surface area contributed by atoms with Crippen LogP contribution in [-0.2, 0) is 11.2 Å². The van der Waals surface area contributed by atoms with Gasteiger partial charge in [0.05, 0.1) is 6.10 Å². The van der Waals surface area contributed by atoms with Crippen molar-refractivity contribution in [2.24, 2.45) is 0 Å². The van der Waals surface area contributed by atoms with Crippen molar-refractivity contribution in [3.8, 4) is 0 Å². The summed E-state index contributed by atoms with van der Waals surface area (Å²) in [6, 6.07) is 3.72. The van der Waals surface area contributed by atoms with E-state index in [2.05, 4.69) is 5.32 Å². The third-order valence-electron chi connectivity index (χ3n) is 2.92. The molecule has 0 saturated heterocycles. The molecule has 0 aromatic heterocycles. The monoisotopic (exact) mass is 257 g/mol. The van der Waals surface area contributed by atoms with Crippen LogP contribution >= 0.6 is 0 Å². The maximum Gasteiger partial charge on any atom is 0.129 e. The van der Waals surface area contributed by atoms with Crippen LogP contribution in [0.3, 0.4) is 0 Å². The first-order chi connectivity index (χ1) is 8.58. The van der Waals surface area contributed by atoms with Crippen LogP contribution in [0, 0.1) is 11.6 Å². The Morgan fingerprint density at radius 1 is 1.28 bits per heavy atom. The van der Waals surface area contributed by atoms with Crippen LogP contribution in [0.1, 0.15) is 26.3 Å². The molecule has 2 unspecified atom stereocenters. The lowest BCUT2D eigenvalue weighted by atomic mass is 10.0. The standard InChI is InChI=1S/C14H21F2NO/c1-4-17-14(10(3)18-5-2)8-11-6-7-12(15)9-13(11)16/h6-7,9-10,14,17H,4-5,8H2,1-3H3. The van der Waals surface area contributed by atoms with Gasteiger partial charge in [0.2, 0.25) is 0 Å². The number of benzene rings is 1. The quantitative estimate of drug-likeness (QED) is 0.811. The molecular formula is C14H21F2NO. The number of nitrogens with one attached hydrogen (secondary N) is 1. The van der Waals surface area contributed by atoms with Gasteiger partial charge in [0.25, 0.3) is 0 Å². The van der Waals surface area contributed by atoms with E-state index < -0.39 is 11.6 Å². The Kier molecular flexibility index (Phi) is 6.22. The minimum Gasteiger partial charge on any atom is -0.377 e. The highest BCUT2D eigenvalue weighted by atomic mass is 19.1. The van der Waals surface area contributed by atoms with Crippen molar-refractivity contribution >= 4 is 0 Å². The fourth-order valence-corrected chi connectivity index (χ4v) is 1.97. The summed E-state index contributed by atoms with van der Waals surface area (Å²) in [6.45, 7) is 7.28. The topological polar surface area (TPSA) is 21.3 Å². The third-order valence-corrected chi connectivity index (χ3v) is 2.92. The molecule has 0 spiro atoms. The molecule has 0 heterocycles. The third kappa shape index (κ3) is 4.35. The van der Waals surface area contributed by atoms with Gasteiger partial charge in [0.15, 0.2) is 0 Å². The summed E-state index contributed by atoms with van der Waals surface area (Å²) in [5.41, 5.74) is 0.508. The Balaban J connectivity index is 2.75. The minimum atomic E-state index is -0.547. The zero-order valence-electron chi connectivity index (χ0n) is 11.2. The van der Waals surface area contributed by atoms with Gasteiger partial charge in [-0.3, -0.25) is 0 Å². The lowest BCUT2D eigenvalue weighted by Crippen LogP contribution is -2.41. The van der Waals surface area contributed by atoms with Gasteiger partial charge in [-0.1, -0.05) is 13.0 Å². The predicted molar refractivity (Wildman–Crippen MR) is 68.6 cm³/mol. The summed E-state index contributed by atoms with van der Waals surface area (Å²) in [5, 5.41) is 3.27. The van der Waals surface area contributed by atoms with E-state index in [0.29, 0.717) is 18.6 Å². The molecule has 1 rings (SSSR count). The van der Waals surface area contributed by atoms with Crippen molar-refractivity contribution in [3.05, 3.63) is 35.4 Å². The second-order valence-corrected chi connectivity index (χ2v) is 4.26. The number of hydrogen-bond acceptors (Lipinski definition) is 2. The van der Waals surface area contributed by atoms with E-state index in [4.69, 9.17) is 4.74 Å². The van der Waals surface area contributed by atoms with Crippen LogP contribution < -0.4 is 5.32 Å². The van der Waals surface area contributed by atoms with E-state index in [1.807, 2.05) is 20.8 Å². The van der Waals surface area contributed by atoms with Crippen LogP contribution in [-0.4, -0.2) is 25.3 Å². The van der Waals surface area contributed by atoms with Crippen molar-refractivity contribution in [1.29, 1.82) is 0 Å². The fraction of sp³-hybridized carbons (Fsp3) is 0.571. The molecule has 0 aliphatic heterocycles. The molecule has 0 saturated carbocycles. The number of hydrogen-bond donors (Lipinski definition) is 1. The van der Waals surface area contributed by atoms with E-state index >= 15 is 0 Å². The first kappa shape index (κ1) is 15.1. The second-order valence-electron chi connectivity index (χ2n) is 4.26. The van der Waals surface area contributed by atoms with Crippen molar-refractivity contribution < 1.29 is 13.5 Å². The molecule has 4 heteroatoms. The van der Waals surface area contributed by atoms with Crippen LogP contribution in [0.25, 0.3) is 0 Å². The van der Waals surface area contributed by atoms with Gasteiger partial charge in [0.1, 0.15) is 11.6 Å². The number of likely N-dealkylation sites (N-methyl/N-ethyl adjacent to an activating group) is 1. The molecule has 1 aromatic rings. The molecule has 1 aromatic carbocycles. The van der Waals surface area contributed by atoms with E-state index in [1.54, 1.807) is 0 Å². The second kappa shape index (κ2) is 7.44. The van der Waals surface area contributed by atoms with Gasteiger partial charge in [-0.15, -0.1) is 0 Å². The molecule has 18 heavy (non-hydrogen) atoms. The van der Waals surface area contributed by atoms with E-state index in [1.165, 1.54) is 12.1 Å². The molecule has 2 nitrogen and oxygen atoms in total. The van der Waals surface area contributed by atoms with Crippen molar-refractivity contribution in [1.82, 2.24) is 5.32 Å². The summed E-state index contributed by atoms with van der Waals surface area (Å²) in [4.78, 5) is 0. The minimum absolute atomic E-state index is 0.0144. The average Bonchev–Trinajstić information content (AvgIpc) is 2.32. The summed E-state index contributed by atoms with van der Waals surface area (Å²) in [5.74, 6) is -1.05. The largest absolute Gasteiger partial charge is 0.377 e. The summed E-state index contributed by atoms with van der Waals surface area (Å²) >= 11 is 0. The molecule has 0 radical (unpaired) electrons.